The van der Waals surface area contributed by atoms with Crippen molar-refractivity contribution < 1.29 is 0 Å². The highest BCUT2D eigenvalue weighted by Gasteiger charge is 2.59. The SMILES string of the molecule is C[C@]1(N)CN(Cc2ccccc2)CC12CC2. The second-order valence-corrected chi connectivity index (χ2v) is 5.83. The van der Waals surface area contributed by atoms with Crippen molar-refractivity contribution in [2.24, 2.45) is 11.1 Å². The van der Waals surface area contributed by atoms with Crippen LogP contribution in [0.5, 0.6) is 0 Å². The van der Waals surface area contributed by atoms with Crippen molar-refractivity contribution in [2.45, 2.75) is 31.8 Å². The molecule has 1 atom stereocenters. The second-order valence-electron chi connectivity index (χ2n) is 5.83. The van der Waals surface area contributed by atoms with Gasteiger partial charge in [0.1, 0.15) is 0 Å². The van der Waals surface area contributed by atoms with E-state index < -0.39 is 0 Å². The van der Waals surface area contributed by atoms with E-state index in [1.807, 2.05) is 0 Å². The number of benzene rings is 1. The van der Waals surface area contributed by atoms with Crippen LogP contribution in [0.15, 0.2) is 30.3 Å². The van der Waals surface area contributed by atoms with Crippen LogP contribution in [0.1, 0.15) is 25.3 Å². The summed E-state index contributed by atoms with van der Waals surface area (Å²) in [6, 6.07) is 10.7. The lowest BCUT2D eigenvalue weighted by Gasteiger charge is -2.25. The Hall–Kier alpha value is -0.860. The molecule has 1 heterocycles. The fourth-order valence-electron chi connectivity index (χ4n) is 3.13. The zero-order chi connectivity index (χ0) is 11.2. The highest BCUT2D eigenvalue weighted by molar-refractivity contribution is 5.19. The molecule has 1 saturated heterocycles. The average Bonchev–Trinajstić information content (AvgIpc) is 2.95. The Morgan fingerprint density at radius 3 is 2.44 bits per heavy atom. The lowest BCUT2D eigenvalue weighted by molar-refractivity contribution is 0.309. The Morgan fingerprint density at radius 2 is 1.88 bits per heavy atom. The van der Waals surface area contributed by atoms with Gasteiger partial charge in [-0.05, 0) is 25.3 Å². The van der Waals surface area contributed by atoms with Crippen molar-refractivity contribution >= 4 is 0 Å². The largest absolute Gasteiger partial charge is 0.324 e. The number of hydrogen-bond acceptors (Lipinski definition) is 2. The summed E-state index contributed by atoms with van der Waals surface area (Å²) in [6.07, 6.45) is 2.65. The summed E-state index contributed by atoms with van der Waals surface area (Å²) in [5, 5.41) is 0. The van der Waals surface area contributed by atoms with Gasteiger partial charge in [0.15, 0.2) is 0 Å². The molecule has 86 valence electrons. The fraction of sp³-hybridized carbons (Fsp3) is 0.571. The summed E-state index contributed by atoms with van der Waals surface area (Å²) < 4.78 is 0. The molecule has 1 aliphatic carbocycles. The summed E-state index contributed by atoms with van der Waals surface area (Å²) in [6.45, 7) is 5.51. The van der Waals surface area contributed by atoms with Gasteiger partial charge in [-0.1, -0.05) is 30.3 Å². The van der Waals surface area contributed by atoms with Crippen LogP contribution < -0.4 is 5.73 Å². The molecule has 3 rings (SSSR count). The number of nitrogens with two attached hydrogens (primary N) is 1. The average molecular weight is 216 g/mol. The normalized spacial score (nSPS) is 32.1. The highest BCUT2D eigenvalue weighted by atomic mass is 15.2. The maximum Gasteiger partial charge on any atom is 0.0324 e. The van der Waals surface area contributed by atoms with Gasteiger partial charge in [0.05, 0.1) is 0 Å². The molecule has 2 nitrogen and oxygen atoms in total. The second kappa shape index (κ2) is 3.31. The van der Waals surface area contributed by atoms with Crippen molar-refractivity contribution in [3.63, 3.8) is 0 Å². The molecular weight excluding hydrogens is 196 g/mol. The lowest BCUT2D eigenvalue weighted by Crippen LogP contribution is -2.45. The maximum atomic E-state index is 6.42. The van der Waals surface area contributed by atoms with E-state index in [4.69, 9.17) is 5.73 Å². The molecule has 1 spiro atoms. The smallest absolute Gasteiger partial charge is 0.0324 e. The minimum atomic E-state index is 0.0295. The third-order valence-electron chi connectivity index (χ3n) is 4.39. The van der Waals surface area contributed by atoms with Gasteiger partial charge in [0, 0.05) is 30.6 Å². The monoisotopic (exact) mass is 216 g/mol. The van der Waals surface area contributed by atoms with Crippen molar-refractivity contribution in [1.82, 2.24) is 4.90 Å². The van der Waals surface area contributed by atoms with E-state index in [0.717, 1.165) is 13.1 Å². The van der Waals surface area contributed by atoms with Crippen LogP contribution in [-0.2, 0) is 6.54 Å². The number of nitrogens with zero attached hydrogens (tertiary/aromatic N) is 1. The van der Waals surface area contributed by atoms with Gasteiger partial charge >= 0.3 is 0 Å². The van der Waals surface area contributed by atoms with Gasteiger partial charge in [0.2, 0.25) is 0 Å². The van der Waals surface area contributed by atoms with Crippen molar-refractivity contribution in [1.29, 1.82) is 0 Å². The van der Waals surface area contributed by atoms with Crippen LogP contribution in [-0.4, -0.2) is 23.5 Å². The topological polar surface area (TPSA) is 29.3 Å². The van der Waals surface area contributed by atoms with Crippen LogP contribution >= 0.6 is 0 Å². The third kappa shape index (κ3) is 1.57. The van der Waals surface area contributed by atoms with Crippen LogP contribution in [0.25, 0.3) is 0 Å². The molecular formula is C14H20N2. The van der Waals surface area contributed by atoms with Crippen LogP contribution in [0.4, 0.5) is 0 Å². The number of hydrogen-bond donors (Lipinski definition) is 1. The van der Waals surface area contributed by atoms with E-state index in [0.29, 0.717) is 5.41 Å². The first-order valence-corrected chi connectivity index (χ1v) is 6.17. The molecule has 16 heavy (non-hydrogen) atoms. The number of likely N-dealkylation sites (tertiary alicyclic amines) is 1. The molecule has 2 fully saturated rings. The molecule has 0 bridgehead atoms. The third-order valence-corrected chi connectivity index (χ3v) is 4.39. The molecule has 0 unspecified atom stereocenters. The first kappa shape index (κ1) is 10.3. The summed E-state index contributed by atoms with van der Waals surface area (Å²) in [4.78, 5) is 2.52. The predicted molar refractivity (Wildman–Crippen MR) is 66.0 cm³/mol. The molecule has 1 aromatic carbocycles. The molecule has 0 radical (unpaired) electrons. The first-order valence-electron chi connectivity index (χ1n) is 6.17. The Balaban J connectivity index is 1.71. The quantitative estimate of drug-likeness (QED) is 0.819. The van der Waals surface area contributed by atoms with Crippen LogP contribution in [0.3, 0.4) is 0 Å². The maximum absolute atomic E-state index is 6.42. The molecule has 0 aromatic heterocycles. The van der Waals surface area contributed by atoms with E-state index in [9.17, 15) is 0 Å². The Labute approximate surface area is 97.4 Å². The fourth-order valence-corrected chi connectivity index (χ4v) is 3.13. The summed E-state index contributed by atoms with van der Waals surface area (Å²) in [5.74, 6) is 0. The number of rotatable bonds is 2. The van der Waals surface area contributed by atoms with Crippen LogP contribution in [0.2, 0.25) is 0 Å². The Kier molecular flexibility index (Phi) is 2.13. The Morgan fingerprint density at radius 1 is 1.19 bits per heavy atom. The van der Waals surface area contributed by atoms with E-state index in [-0.39, 0.29) is 5.54 Å². The summed E-state index contributed by atoms with van der Waals surface area (Å²) in [5.41, 5.74) is 8.30. The standard InChI is InChI=1S/C14H20N2/c1-13(15)10-16(11-14(13)7-8-14)9-12-5-3-2-4-6-12/h2-6H,7-11,15H2,1H3/t13-/m0/s1. The van der Waals surface area contributed by atoms with E-state index in [2.05, 4.69) is 42.2 Å². The lowest BCUT2D eigenvalue weighted by atomic mass is 9.87. The zero-order valence-electron chi connectivity index (χ0n) is 9.95. The summed E-state index contributed by atoms with van der Waals surface area (Å²) >= 11 is 0. The highest BCUT2D eigenvalue weighted by Crippen LogP contribution is 2.57. The molecule has 1 aliphatic heterocycles. The van der Waals surface area contributed by atoms with Gasteiger partial charge in [0.25, 0.3) is 0 Å². The van der Waals surface area contributed by atoms with Crippen molar-refractivity contribution in [2.75, 3.05) is 13.1 Å². The molecule has 2 aliphatic rings. The molecule has 2 N–H and O–H groups in total. The molecule has 1 aromatic rings. The molecule has 0 amide bonds. The Bertz CT molecular complexity index is 373. The van der Waals surface area contributed by atoms with Gasteiger partial charge in [-0.25, -0.2) is 0 Å². The van der Waals surface area contributed by atoms with Gasteiger partial charge in [-0.2, -0.15) is 0 Å². The first-order chi connectivity index (χ1) is 7.61. The molecule has 2 heteroatoms. The van der Waals surface area contributed by atoms with E-state index in [1.54, 1.807) is 0 Å². The van der Waals surface area contributed by atoms with Crippen molar-refractivity contribution in [3.8, 4) is 0 Å². The van der Waals surface area contributed by atoms with Gasteiger partial charge in [-0.15, -0.1) is 0 Å². The summed E-state index contributed by atoms with van der Waals surface area (Å²) in [7, 11) is 0. The van der Waals surface area contributed by atoms with Crippen LogP contribution in [0, 0.1) is 5.41 Å². The van der Waals surface area contributed by atoms with Gasteiger partial charge in [-0.3, -0.25) is 4.90 Å². The minimum absolute atomic E-state index is 0.0295. The molecule has 1 saturated carbocycles. The van der Waals surface area contributed by atoms with Gasteiger partial charge < -0.3 is 5.73 Å². The van der Waals surface area contributed by atoms with Crippen molar-refractivity contribution in [3.05, 3.63) is 35.9 Å². The van der Waals surface area contributed by atoms with E-state index in [1.165, 1.54) is 24.9 Å². The van der Waals surface area contributed by atoms with E-state index >= 15 is 0 Å². The zero-order valence-corrected chi connectivity index (χ0v) is 9.95. The minimum Gasteiger partial charge on any atom is -0.324 e. The predicted octanol–water partition coefficient (Wildman–Crippen LogP) is 2.00.